The predicted molar refractivity (Wildman–Crippen MR) is 138 cm³/mol. The molecule has 1 N–H and O–H groups in total. The number of hydrogen-bond acceptors (Lipinski definition) is 8. The van der Waals surface area contributed by atoms with Gasteiger partial charge in [-0.05, 0) is 85.3 Å². The number of hydrogen-bond donors (Lipinski definition) is 1. The van der Waals surface area contributed by atoms with E-state index < -0.39 is 0 Å². The molecule has 0 aromatic heterocycles. The van der Waals surface area contributed by atoms with E-state index in [4.69, 9.17) is 23.7 Å². The number of nitrogens with zero attached hydrogens (tertiary/aromatic N) is 1. The summed E-state index contributed by atoms with van der Waals surface area (Å²) in [7, 11) is 5.62. The number of carbonyl (C=O) groups excluding carboxylic acids is 1. The SMILES string of the molecule is CO[C@@H]1[C@H](OC(=O)CNc2ccc(OC(C)N(C)C)cc2)CC[C@]2(CO2)[C@H]1[C@]1(C)O[C@@H]1CC=C(C)C. The van der Waals surface area contributed by atoms with Gasteiger partial charge in [-0.15, -0.1) is 0 Å². The van der Waals surface area contributed by atoms with Crippen LogP contribution in [0.15, 0.2) is 35.9 Å². The van der Waals surface area contributed by atoms with Gasteiger partial charge in [-0.2, -0.15) is 0 Å². The number of allylic oxidation sites excluding steroid dienone is 1. The van der Waals surface area contributed by atoms with Crippen LogP contribution in [0.4, 0.5) is 5.69 Å². The summed E-state index contributed by atoms with van der Waals surface area (Å²) in [5.74, 6) is 0.482. The maximum atomic E-state index is 12.8. The van der Waals surface area contributed by atoms with Crippen LogP contribution in [-0.4, -0.2) is 81.0 Å². The number of epoxide rings is 2. The first kappa shape index (κ1) is 26.9. The lowest BCUT2D eigenvalue weighted by atomic mass is 9.68. The molecule has 0 radical (unpaired) electrons. The van der Waals surface area contributed by atoms with Crippen LogP contribution in [0.25, 0.3) is 0 Å². The lowest BCUT2D eigenvalue weighted by molar-refractivity contribution is -0.170. The van der Waals surface area contributed by atoms with E-state index in [9.17, 15) is 4.79 Å². The molecule has 2 saturated heterocycles. The second kappa shape index (κ2) is 10.7. The summed E-state index contributed by atoms with van der Waals surface area (Å²) in [6.45, 7) is 9.12. The number of carbonyl (C=O) groups is 1. The Morgan fingerprint density at radius 3 is 2.56 bits per heavy atom. The average Bonchev–Trinajstić information content (AvgIpc) is 3.75. The normalized spacial score (nSPS) is 33.7. The Kier molecular flexibility index (Phi) is 8.00. The van der Waals surface area contributed by atoms with Crippen molar-refractivity contribution in [1.82, 2.24) is 4.90 Å². The molecule has 1 unspecified atom stereocenters. The third kappa shape index (κ3) is 5.88. The summed E-state index contributed by atoms with van der Waals surface area (Å²) in [6, 6.07) is 7.56. The molecule has 8 heteroatoms. The quantitative estimate of drug-likeness (QED) is 0.210. The molecule has 200 valence electrons. The standard InChI is InChI=1S/C28H42N2O6/c1-18(2)8-13-23-27(4,36-23)26-25(32-7)22(14-15-28(26)17-33-28)35-24(31)16-29-20-9-11-21(12-10-20)34-19(3)30(5)6/h8-12,19,22-23,25-26,29H,13-17H2,1-7H3/t19?,22-,23-,25-,26-,27-,28+/m1/s1. The molecule has 8 nitrogen and oxygen atoms in total. The molecule has 3 aliphatic rings. The van der Waals surface area contributed by atoms with Gasteiger partial charge in [-0.3, -0.25) is 9.69 Å². The number of methoxy groups -OCH3 is 1. The van der Waals surface area contributed by atoms with Crippen LogP contribution in [0.2, 0.25) is 0 Å². The highest BCUT2D eigenvalue weighted by atomic mass is 16.6. The monoisotopic (exact) mass is 502 g/mol. The second-order valence-electron chi connectivity index (χ2n) is 11.0. The Bertz CT molecular complexity index is 940. The van der Waals surface area contributed by atoms with Crippen LogP contribution in [0.1, 0.15) is 47.0 Å². The number of anilines is 1. The van der Waals surface area contributed by atoms with E-state index in [0.29, 0.717) is 13.0 Å². The minimum absolute atomic E-state index is 0.0159. The number of ether oxygens (including phenoxy) is 5. The highest BCUT2D eigenvalue weighted by Gasteiger charge is 2.72. The minimum Gasteiger partial charge on any atom is -0.475 e. The first-order valence-electron chi connectivity index (χ1n) is 12.9. The molecule has 1 aromatic carbocycles. The summed E-state index contributed by atoms with van der Waals surface area (Å²) >= 11 is 0. The number of esters is 1. The molecule has 3 fully saturated rings. The fraction of sp³-hybridized carbons (Fsp3) is 0.679. The predicted octanol–water partition coefficient (Wildman–Crippen LogP) is 4.00. The first-order chi connectivity index (χ1) is 17.1. The lowest BCUT2D eigenvalue weighted by Crippen LogP contribution is -2.55. The van der Waals surface area contributed by atoms with Crippen molar-refractivity contribution in [3.05, 3.63) is 35.9 Å². The molecule has 0 bridgehead atoms. The molecule has 36 heavy (non-hydrogen) atoms. The van der Waals surface area contributed by atoms with Crippen LogP contribution in [-0.2, 0) is 23.7 Å². The Balaban J connectivity index is 1.33. The van der Waals surface area contributed by atoms with Crippen molar-refractivity contribution >= 4 is 11.7 Å². The zero-order chi connectivity index (χ0) is 26.1. The molecule has 1 spiro atoms. The molecule has 1 aromatic rings. The Hall–Kier alpha value is -2.13. The number of nitrogens with one attached hydrogen (secondary N) is 1. The molecule has 4 rings (SSSR count). The molecule has 0 amide bonds. The third-order valence-corrected chi connectivity index (χ3v) is 7.84. The second-order valence-corrected chi connectivity index (χ2v) is 11.0. The summed E-state index contributed by atoms with van der Waals surface area (Å²) in [5, 5.41) is 3.15. The molecular weight excluding hydrogens is 460 g/mol. The smallest absolute Gasteiger partial charge is 0.325 e. The molecular formula is C28H42N2O6. The Labute approximate surface area is 215 Å². The minimum atomic E-state index is -0.347. The summed E-state index contributed by atoms with van der Waals surface area (Å²) in [4.78, 5) is 14.8. The summed E-state index contributed by atoms with van der Waals surface area (Å²) < 4.78 is 30.0. The third-order valence-electron chi connectivity index (χ3n) is 7.84. The molecule has 2 aliphatic heterocycles. The van der Waals surface area contributed by atoms with E-state index >= 15 is 0 Å². The average molecular weight is 503 g/mol. The number of benzene rings is 1. The first-order valence-corrected chi connectivity index (χ1v) is 12.9. The van der Waals surface area contributed by atoms with E-state index in [2.05, 4.69) is 32.2 Å². The van der Waals surface area contributed by atoms with Crippen molar-refractivity contribution in [2.24, 2.45) is 5.92 Å². The van der Waals surface area contributed by atoms with Crippen LogP contribution in [0.5, 0.6) is 5.75 Å². The summed E-state index contributed by atoms with van der Waals surface area (Å²) in [5.41, 5.74) is 1.53. The largest absolute Gasteiger partial charge is 0.475 e. The topological polar surface area (TPSA) is 85.1 Å². The van der Waals surface area contributed by atoms with Crippen molar-refractivity contribution in [3.63, 3.8) is 0 Å². The van der Waals surface area contributed by atoms with Gasteiger partial charge in [0.1, 0.15) is 41.9 Å². The Morgan fingerprint density at radius 2 is 1.97 bits per heavy atom. The van der Waals surface area contributed by atoms with Crippen LogP contribution >= 0.6 is 0 Å². The van der Waals surface area contributed by atoms with Gasteiger partial charge < -0.3 is 29.0 Å². The zero-order valence-corrected chi connectivity index (χ0v) is 22.7. The van der Waals surface area contributed by atoms with Crippen molar-refractivity contribution in [2.45, 2.75) is 82.7 Å². The van der Waals surface area contributed by atoms with Gasteiger partial charge >= 0.3 is 5.97 Å². The lowest BCUT2D eigenvalue weighted by Gasteiger charge is -2.42. The van der Waals surface area contributed by atoms with Gasteiger partial charge in [0, 0.05) is 12.8 Å². The van der Waals surface area contributed by atoms with Crippen molar-refractivity contribution in [3.8, 4) is 5.75 Å². The fourth-order valence-electron chi connectivity index (χ4n) is 5.41. The van der Waals surface area contributed by atoms with Crippen LogP contribution in [0, 0.1) is 5.92 Å². The van der Waals surface area contributed by atoms with Gasteiger partial charge in [0.05, 0.1) is 18.6 Å². The van der Waals surface area contributed by atoms with Crippen LogP contribution in [0.3, 0.4) is 0 Å². The van der Waals surface area contributed by atoms with Gasteiger partial charge in [0.2, 0.25) is 0 Å². The van der Waals surface area contributed by atoms with E-state index in [1.165, 1.54) is 5.57 Å². The van der Waals surface area contributed by atoms with E-state index in [0.717, 1.165) is 24.3 Å². The zero-order valence-electron chi connectivity index (χ0n) is 22.7. The van der Waals surface area contributed by atoms with Crippen LogP contribution < -0.4 is 10.1 Å². The van der Waals surface area contributed by atoms with Gasteiger partial charge in [-0.1, -0.05) is 11.6 Å². The maximum Gasteiger partial charge on any atom is 0.325 e. The maximum absolute atomic E-state index is 12.8. The van der Waals surface area contributed by atoms with E-state index in [1.807, 2.05) is 50.2 Å². The van der Waals surface area contributed by atoms with Crippen molar-refractivity contribution in [1.29, 1.82) is 0 Å². The fourth-order valence-corrected chi connectivity index (χ4v) is 5.41. The molecule has 7 atom stereocenters. The Morgan fingerprint density at radius 1 is 1.28 bits per heavy atom. The van der Waals surface area contributed by atoms with Crippen molar-refractivity contribution in [2.75, 3.05) is 39.7 Å². The molecule has 1 saturated carbocycles. The van der Waals surface area contributed by atoms with E-state index in [1.54, 1.807) is 7.11 Å². The summed E-state index contributed by atoms with van der Waals surface area (Å²) in [6.07, 6.45) is 4.12. The van der Waals surface area contributed by atoms with Gasteiger partial charge in [0.15, 0.2) is 0 Å². The molecule has 2 heterocycles. The van der Waals surface area contributed by atoms with Gasteiger partial charge in [-0.25, -0.2) is 0 Å². The highest BCUT2D eigenvalue weighted by molar-refractivity contribution is 5.75. The van der Waals surface area contributed by atoms with Gasteiger partial charge in [0.25, 0.3) is 0 Å². The van der Waals surface area contributed by atoms with E-state index in [-0.39, 0.29) is 54.2 Å². The number of rotatable bonds is 11. The highest BCUT2D eigenvalue weighted by Crippen LogP contribution is 2.59. The van der Waals surface area contributed by atoms with Crippen molar-refractivity contribution < 1.29 is 28.5 Å². The molecule has 1 aliphatic carbocycles.